The molecule has 0 spiro atoms. The number of nitrogens with zero attached hydrogens (tertiary/aromatic N) is 3. The van der Waals surface area contributed by atoms with Crippen molar-refractivity contribution in [2.75, 3.05) is 0 Å². The second kappa shape index (κ2) is 8.45. The minimum Gasteiger partial charge on any atom is -0.355 e. The summed E-state index contributed by atoms with van der Waals surface area (Å²) in [5.74, 6) is 2.52. The van der Waals surface area contributed by atoms with E-state index in [9.17, 15) is 26.7 Å². The molecule has 0 bridgehead atoms. The normalized spacial score (nSPS) is 16.1. The van der Waals surface area contributed by atoms with E-state index in [1.807, 2.05) is 0 Å². The molecule has 1 aliphatic carbocycles. The van der Waals surface area contributed by atoms with Crippen molar-refractivity contribution >= 4 is 23.2 Å². The van der Waals surface area contributed by atoms with Gasteiger partial charge in [-0.15, -0.1) is 0 Å². The van der Waals surface area contributed by atoms with Gasteiger partial charge in [0.05, 0.1) is 22.3 Å². The average Bonchev–Trinajstić information content (AvgIpc) is 3.37. The van der Waals surface area contributed by atoms with Crippen LogP contribution in [0.2, 0.25) is 5.02 Å². The molecule has 0 saturated carbocycles. The zero-order valence-electron chi connectivity index (χ0n) is 16.3. The molecule has 1 unspecified atom stereocenters. The van der Waals surface area contributed by atoms with Gasteiger partial charge in [0, 0.05) is 12.1 Å². The maximum Gasteiger partial charge on any atom is 0.434 e. The third-order valence-electron chi connectivity index (χ3n) is 4.82. The van der Waals surface area contributed by atoms with Crippen molar-refractivity contribution < 1.29 is 31.3 Å². The predicted molar refractivity (Wildman–Crippen MR) is 108 cm³/mol. The summed E-state index contributed by atoms with van der Waals surface area (Å²) in [7, 11) is 0. The lowest BCUT2D eigenvalue weighted by Gasteiger charge is -2.17. The number of aromatic nitrogens is 3. The van der Waals surface area contributed by atoms with Crippen LogP contribution in [0.3, 0.4) is 0 Å². The topological polar surface area (TPSA) is 99.0 Å². The molecule has 0 aliphatic heterocycles. The van der Waals surface area contributed by atoms with Gasteiger partial charge in [-0.1, -0.05) is 35.0 Å². The average molecular weight is 486 g/mol. The fraction of sp³-hybridized carbons (Fsp3) is 0.150. The Kier molecular flexibility index (Phi) is 5.80. The Morgan fingerprint density at radius 3 is 2.73 bits per heavy atom. The molecule has 13 heteroatoms. The van der Waals surface area contributed by atoms with Crippen LogP contribution in [-0.4, -0.2) is 27.0 Å². The molecule has 3 aromatic rings. The van der Waals surface area contributed by atoms with E-state index in [2.05, 4.69) is 10.3 Å². The van der Waals surface area contributed by atoms with Crippen LogP contribution in [0.15, 0.2) is 47.1 Å². The number of nitrogens with two attached hydrogens (primary N) is 1. The Labute approximate surface area is 187 Å². The van der Waals surface area contributed by atoms with Gasteiger partial charge in [0.1, 0.15) is 23.2 Å². The van der Waals surface area contributed by atoms with Gasteiger partial charge in [0.2, 0.25) is 0 Å². The Morgan fingerprint density at radius 2 is 2.09 bits per heavy atom. The molecular formula is C20H13ClF5N5O2. The van der Waals surface area contributed by atoms with Crippen molar-refractivity contribution in [1.82, 2.24) is 20.4 Å². The number of hydrazine groups is 1. The monoisotopic (exact) mass is 485 g/mol. The molecule has 1 aliphatic rings. The number of alkyl halides is 4. The summed E-state index contributed by atoms with van der Waals surface area (Å²) in [6.07, 6.45) is -2.34. The molecule has 3 N–H and O–H groups in total. The van der Waals surface area contributed by atoms with E-state index in [0.717, 1.165) is 12.3 Å². The van der Waals surface area contributed by atoms with Crippen molar-refractivity contribution in [2.24, 2.45) is 5.84 Å². The van der Waals surface area contributed by atoms with E-state index in [1.165, 1.54) is 30.4 Å². The van der Waals surface area contributed by atoms with Crippen molar-refractivity contribution in [3.8, 4) is 22.6 Å². The first kappa shape index (κ1) is 22.7. The number of nitrogens with one attached hydrogen (secondary N) is 1. The number of carbonyl (C=O) groups excluding carboxylic acids is 1. The molecule has 0 saturated heterocycles. The second-order valence-corrected chi connectivity index (χ2v) is 7.29. The van der Waals surface area contributed by atoms with Gasteiger partial charge in [0.25, 0.3) is 5.91 Å². The van der Waals surface area contributed by atoms with Crippen LogP contribution in [0.4, 0.5) is 22.0 Å². The highest BCUT2D eigenvalue weighted by Crippen LogP contribution is 2.43. The first-order chi connectivity index (χ1) is 15.6. The van der Waals surface area contributed by atoms with E-state index in [1.54, 1.807) is 5.43 Å². The molecule has 1 amide bonds. The number of allylic oxidation sites excluding steroid dienone is 4. The maximum atomic E-state index is 14.5. The zero-order chi connectivity index (χ0) is 23.9. The van der Waals surface area contributed by atoms with Crippen LogP contribution >= 0.6 is 11.6 Å². The largest absolute Gasteiger partial charge is 0.434 e. The summed E-state index contributed by atoms with van der Waals surface area (Å²) < 4.78 is 76.1. The summed E-state index contributed by atoms with van der Waals surface area (Å²) in [4.78, 5) is 12.5. The molecular weight excluding hydrogens is 473 g/mol. The number of carbonyl (C=O) groups is 1. The number of amides is 1. The number of rotatable bonds is 4. The Hall–Kier alpha value is -3.51. The van der Waals surface area contributed by atoms with E-state index in [4.69, 9.17) is 22.0 Å². The summed E-state index contributed by atoms with van der Waals surface area (Å²) in [5, 5.41) is 7.18. The van der Waals surface area contributed by atoms with Crippen molar-refractivity contribution in [3.63, 3.8) is 0 Å². The fourth-order valence-corrected chi connectivity index (χ4v) is 3.69. The summed E-state index contributed by atoms with van der Waals surface area (Å²) in [6, 6.07) is 3.62. The highest BCUT2D eigenvalue weighted by Gasteiger charge is 2.42. The molecule has 172 valence electrons. The molecule has 33 heavy (non-hydrogen) atoms. The SMILES string of the molecule is NNC(=O)c1c(-c2c(F)cccc2Cl)noc1-c1cnn(C2=CC=CC(F)C2)c1C(F)(F)F. The molecule has 1 atom stereocenters. The highest BCUT2D eigenvalue weighted by atomic mass is 35.5. The van der Waals surface area contributed by atoms with Crippen LogP contribution in [-0.2, 0) is 6.18 Å². The van der Waals surface area contributed by atoms with E-state index in [0.29, 0.717) is 4.68 Å². The minimum absolute atomic E-state index is 0.0784. The number of hydrogen-bond acceptors (Lipinski definition) is 5. The number of hydrogen-bond donors (Lipinski definition) is 2. The van der Waals surface area contributed by atoms with Crippen molar-refractivity contribution in [2.45, 2.75) is 18.8 Å². The van der Waals surface area contributed by atoms with Crippen LogP contribution in [0.1, 0.15) is 22.5 Å². The predicted octanol–water partition coefficient (Wildman–Crippen LogP) is 4.76. The zero-order valence-corrected chi connectivity index (χ0v) is 17.1. The first-order valence-corrected chi connectivity index (χ1v) is 9.63. The standard InChI is InChI=1S/C20H13ClF5N5O2/c21-12-5-2-6-13(23)14(12)16-15(19(32)29-27)17(33-30-16)11-8-28-31(18(11)20(24,25)26)10-4-1-3-9(22)7-10/h1-6,8-9H,7,27H2,(H,29,32). The summed E-state index contributed by atoms with van der Waals surface area (Å²) in [6.45, 7) is 0. The third-order valence-corrected chi connectivity index (χ3v) is 5.13. The Balaban J connectivity index is 1.97. The Morgan fingerprint density at radius 1 is 1.33 bits per heavy atom. The summed E-state index contributed by atoms with van der Waals surface area (Å²) in [5.41, 5.74) is -1.74. The molecule has 1 aromatic carbocycles. The van der Waals surface area contributed by atoms with Crippen molar-refractivity contribution in [1.29, 1.82) is 0 Å². The first-order valence-electron chi connectivity index (χ1n) is 9.25. The van der Waals surface area contributed by atoms with E-state index >= 15 is 0 Å². The lowest BCUT2D eigenvalue weighted by molar-refractivity contribution is -0.142. The lowest BCUT2D eigenvalue weighted by Crippen LogP contribution is -2.30. The van der Waals surface area contributed by atoms with Gasteiger partial charge in [-0.3, -0.25) is 10.2 Å². The molecule has 0 fully saturated rings. The van der Waals surface area contributed by atoms with Gasteiger partial charge in [-0.25, -0.2) is 19.3 Å². The van der Waals surface area contributed by atoms with Gasteiger partial charge < -0.3 is 4.52 Å². The fourth-order valence-electron chi connectivity index (χ4n) is 3.44. The molecule has 4 rings (SSSR count). The molecule has 0 radical (unpaired) electrons. The second-order valence-electron chi connectivity index (χ2n) is 6.88. The van der Waals surface area contributed by atoms with Crippen LogP contribution < -0.4 is 11.3 Å². The summed E-state index contributed by atoms with van der Waals surface area (Å²) >= 11 is 6.03. The smallest absolute Gasteiger partial charge is 0.355 e. The van der Waals surface area contributed by atoms with Gasteiger partial charge in [-0.2, -0.15) is 18.3 Å². The molecule has 2 aromatic heterocycles. The highest BCUT2D eigenvalue weighted by molar-refractivity contribution is 6.33. The van der Waals surface area contributed by atoms with Crippen LogP contribution in [0.25, 0.3) is 28.3 Å². The minimum atomic E-state index is -5.00. The molecule has 7 nitrogen and oxygen atoms in total. The van der Waals surface area contributed by atoms with Gasteiger partial charge in [-0.05, 0) is 18.2 Å². The van der Waals surface area contributed by atoms with Crippen molar-refractivity contribution in [3.05, 3.63) is 64.7 Å². The van der Waals surface area contributed by atoms with Crippen LogP contribution in [0.5, 0.6) is 0 Å². The van der Waals surface area contributed by atoms with Gasteiger partial charge >= 0.3 is 6.18 Å². The molecule has 2 heterocycles. The Bertz CT molecular complexity index is 1270. The lowest BCUT2D eigenvalue weighted by atomic mass is 10.0. The third kappa shape index (κ3) is 4.02. The number of nitrogen functional groups attached to an aromatic ring is 1. The van der Waals surface area contributed by atoms with E-state index in [-0.39, 0.29) is 22.7 Å². The maximum absolute atomic E-state index is 14.5. The number of benzene rings is 1. The van der Waals surface area contributed by atoms with Gasteiger partial charge in [0.15, 0.2) is 11.5 Å². The van der Waals surface area contributed by atoms with Crippen LogP contribution in [0, 0.1) is 5.82 Å². The van der Waals surface area contributed by atoms with E-state index < -0.39 is 52.3 Å². The quantitative estimate of drug-likeness (QED) is 0.240. The number of halogens is 6.